The molecule has 0 bridgehead atoms. The molecule has 1 fully saturated rings. The Hall–Kier alpha value is -3.46. The van der Waals surface area contributed by atoms with E-state index < -0.39 is 29.3 Å². The fourth-order valence-electron chi connectivity index (χ4n) is 7.41. The largest absolute Gasteiger partial charge is 0.465 e. The lowest BCUT2D eigenvalue weighted by Crippen LogP contribution is -2.53. The van der Waals surface area contributed by atoms with Crippen molar-refractivity contribution in [3.05, 3.63) is 92.8 Å². The van der Waals surface area contributed by atoms with Gasteiger partial charge in [0, 0.05) is 52.3 Å². The lowest BCUT2D eigenvalue weighted by Gasteiger charge is -2.40. The number of carbonyl (C=O) groups excluding carboxylic acids is 2. The summed E-state index contributed by atoms with van der Waals surface area (Å²) in [5.41, 5.74) is 2.55. The van der Waals surface area contributed by atoms with Crippen molar-refractivity contribution in [2.75, 3.05) is 19.0 Å². The van der Waals surface area contributed by atoms with Gasteiger partial charge >= 0.3 is 5.97 Å². The number of ether oxygens (including phenoxy) is 1. The van der Waals surface area contributed by atoms with Gasteiger partial charge in [-0.25, -0.2) is 9.18 Å². The summed E-state index contributed by atoms with van der Waals surface area (Å²) in [5.74, 6) is -1.66. The van der Waals surface area contributed by atoms with Gasteiger partial charge in [0.1, 0.15) is 11.4 Å². The minimum Gasteiger partial charge on any atom is -0.465 e. The molecule has 4 heterocycles. The lowest BCUT2D eigenvalue weighted by atomic mass is 9.73. The van der Waals surface area contributed by atoms with Gasteiger partial charge in [0.25, 0.3) is 0 Å². The van der Waals surface area contributed by atoms with Crippen molar-refractivity contribution in [3.63, 3.8) is 0 Å². The number of rotatable bonds is 4. The van der Waals surface area contributed by atoms with E-state index in [1.165, 1.54) is 13.2 Å². The Balaban J connectivity index is 0.00000316. The number of hydrogen-bond donors (Lipinski definition) is 1. The van der Waals surface area contributed by atoms with Gasteiger partial charge in [0.2, 0.25) is 5.91 Å². The molecule has 0 unspecified atom stereocenters. The van der Waals surface area contributed by atoms with Crippen LogP contribution in [-0.2, 0) is 21.5 Å². The van der Waals surface area contributed by atoms with Crippen LogP contribution < -0.4 is 5.32 Å². The third-order valence-electron chi connectivity index (χ3n) is 8.81. The van der Waals surface area contributed by atoms with E-state index in [4.69, 9.17) is 33.0 Å². The molecule has 218 valence electrons. The number of halogens is 3. The van der Waals surface area contributed by atoms with Crippen LogP contribution in [0, 0.1) is 11.7 Å². The van der Waals surface area contributed by atoms with Gasteiger partial charge in [-0.3, -0.25) is 14.4 Å². The van der Waals surface area contributed by atoms with Crippen molar-refractivity contribution in [2.24, 2.45) is 5.92 Å². The quantitative estimate of drug-likeness (QED) is 0.253. The fourth-order valence-corrected chi connectivity index (χ4v) is 7.76. The normalized spacial score (nSPS) is 24.1. The van der Waals surface area contributed by atoms with Gasteiger partial charge in [0.05, 0.1) is 29.3 Å². The SMILES string of the molecule is C.COC(=O)c1ccc2c3n(nc2c1)[C@@H]1[C@H](C3)N(CC(C)C)[C@@]2(C(=O)Nc3cc(Cl)ccc32)[C@H]1c1cccc(Cl)c1F. The first-order valence-corrected chi connectivity index (χ1v) is 14.3. The predicted molar refractivity (Wildman–Crippen MR) is 162 cm³/mol. The first-order valence-electron chi connectivity index (χ1n) is 13.6. The fraction of sp³-hybridized carbons (Fsp3) is 0.344. The molecule has 4 atom stereocenters. The van der Waals surface area contributed by atoms with Gasteiger partial charge in [-0.2, -0.15) is 5.10 Å². The molecule has 3 aliphatic heterocycles. The second-order valence-electron chi connectivity index (χ2n) is 11.5. The summed E-state index contributed by atoms with van der Waals surface area (Å²) in [6, 6.07) is 15.2. The van der Waals surface area contributed by atoms with Crippen molar-refractivity contribution in [1.29, 1.82) is 0 Å². The van der Waals surface area contributed by atoms with E-state index in [-0.39, 0.29) is 30.3 Å². The number of likely N-dealkylation sites (tertiary alicyclic amines) is 1. The standard InChI is InChI=1S/C31H27Cl2FN4O3.CH4/c1-15(2)14-37-25-13-24-18-9-7-16(29(39)41-3)11-22(18)36-38(24)28(25)26(19-5-4-6-21(33)27(19)34)31(37)20-10-8-17(32)12-23(20)35-30(31)40;/h4-12,15,25-26,28H,13-14H2,1-3H3,(H,35,40);1H4/t25-,26-,28+,31+;/m0./s1. The summed E-state index contributed by atoms with van der Waals surface area (Å²) in [5, 5.41) is 9.47. The summed E-state index contributed by atoms with van der Waals surface area (Å²) in [6.45, 7) is 4.83. The first-order chi connectivity index (χ1) is 19.7. The number of fused-ring (bicyclic) bond motifs is 7. The Labute approximate surface area is 253 Å². The average Bonchev–Trinajstić information content (AvgIpc) is 3.63. The Kier molecular flexibility index (Phi) is 6.87. The molecule has 42 heavy (non-hydrogen) atoms. The van der Waals surface area contributed by atoms with Gasteiger partial charge in [-0.15, -0.1) is 0 Å². The summed E-state index contributed by atoms with van der Waals surface area (Å²) >= 11 is 12.7. The maximum Gasteiger partial charge on any atom is 0.337 e. The second kappa shape index (κ2) is 10.1. The van der Waals surface area contributed by atoms with E-state index in [1.807, 2.05) is 16.8 Å². The molecule has 0 saturated carbocycles. The molecule has 7 nitrogen and oxygen atoms in total. The molecular weight excluding hydrogens is 578 g/mol. The van der Waals surface area contributed by atoms with Gasteiger partial charge in [-0.05, 0) is 41.8 Å². The Morgan fingerprint density at radius 1 is 1.19 bits per heavy atom. The van der Waals surface area contributed by atoms with Crippen molar-refractivity contribution in [3.8, 4) is 0 Å². The number of aromatic nitrogens is 2. The Morgan fingerprint density at radius 2 is 1.98 bits per heavy atom. The summed E-state index contributed by atoms with van der Waals surface area (Å²) in [4.78, 5) is 28.9. The van der Waals surface area contributed by atoms with Crippen molar-refractivity contribution < 1.29 is 18.7 Å². The molecule has 3 aromatic carbocycles. The van der Waals surface area contributed by atoms with Gasteiger partial charge in [0.15, 0.2) is 0 Å². The second-order valence-corrected chi connectivity index (χ2v) is 12.3. The van der Waals surface area contributed by atoms with Crippen molar-refractivity contribution in [2.45, 2.75) is 51.2 Å². The number of esters is 1. The highest BCUT2D eigenvalue weighted by Gasteiger charge is 2.69. The van der Waals surface area contributed by atoms with Crippen molar-refractivity contribution in [1.82, 2.24) is 14.7 Å². The van der Waals surface area contributed by atoms with Crippen LogP contribution in [0.4, 0.5) is 10.1 Å². The zero-order chi connectivity index (χ0) is 28.8. The minimum atomic E-state index is -1.22. The van der Waals surface area contributed by atoms with Gasteiger partial charge in [-0.1, -0.05) is 68.7 Å². The number of anilines is 1. The molecule has 3 aliphatic rings. The molecule has 1 N–H and O–H groups in total. The molecule has 4 aromatic rings. The molecule has 1 amide bonds. The minimum absolute atomic E-state index is 0. The van der Waals surface area contributed by atoms with Crippen LogP contribution >= 0.6 is 23.2 Å². The van der Waals surface area contributed by atoms with Crippen LogP contribution in [0.15, 0.2) is 54.6 Å². The number of amides is 1. The Morgan fingerprint density at radius 3 is 2.71 bits per heavy atom. The zero-order valence-electron chi connectivity index (χ0n) is 22.6. The molecule has 1 aromatic heterocycles. The maximum absolute atomic E-state index is 16.1. The van der Waals surface area contributed by atoms with Crippen LogP contribution in [-0.4, -0.2) is 46.3 Å². The number of benzene rings is 3. The number of carbonyl (C=O) groups is 2. The first kappa shape index (κ1) is 28.6. The van der Waals surface area contributed by atoms with Crippen molar-refractivity contribution >= 4 is 51.7 Å². The molecule has 1 saturated heterocycles. The summed E-state index contributed by atoms with van der Waals surface area (Å²) in [6.07, 6.45) is 0.599. The molecule has 10 heteroatoms. The molecule has 1 spiro atoms. The summed E-state index contributed by atoms with van der Waals surface area (Å²) in [7, 11) is 1.34. The maximum atomic E-state index is 16.1. The third-order valence-corrected chi connectivity index (χ3v) is 9.34. The van der Waals surface area contributed by atoms with E-state index in [2.05, 4.69) is 24.1 Å². The van der Waals surface area contributed by atoms with Crippen LogP contribution in [0.1, 0.15) is 60.4 Å². The molecular formula is C32H31Cl2FN4O3. The molecule has 7 rings (SSSR count). The third kappa shape index (κ3) is 3.78. The van der Waals surface area contributed by atoms with E-state index in [0.29, 0.717) is 40.3 Å². The molecule has 0 aliphatic carbocycles. The van der Waals surface area contributed by atoms with Crippen LogP contribution in [0.25, 0.3) is 10.9 Å². The van der Waals surface area contributed by atoms with Crippen LogP contribution in [0.2, 0.25) is 10.0 Å². The van der Waals surface area contributed by atoms with E-state index in [0.717, 1.165) is 16.6 Å². The zero-order valence-corrected chi connectivity index (χ0v) is 24.1. The number of nitrogens with zero attached hydrogens (tertiary/aromatic N) is 3. The number of nitrogens with one attached hydrogen (secondary N) is 1. The molecule has 0 radical (unpaired) electrons. The topological polar surface area (TPSA) is 76.5 Å². The van der Waals surface area contributed by atoms with E-state index in [9.17, 15) is 9.59 Å². The highest BCUT2D eigenvalue weighted by molar-refractivity contribution is 6.31. The van der Waals surface area contributed by atoms with E-state index >= 15 is 4.39 Å². The number of hydrogen-bond acceptors (Lipinski definition) is 5. The predicted octanol–water partition coefficient (Wildman–Crippen LogP) is 6.97. The highest BCUT2D eigenvalue weighted by atomic mass is 35.5. The number of methoxy groups -OCH3 is 1. The lowest BCUT2D eigenvalue weighted by molar-refractivity contribution is -0.128. The average molecular weight is 610 g/mol. The smallest absolute Gasteiger partial charge is 0.337 e. The van der Waals surface area contributed by atoms with Gasteiger partial charge < -0.3 is 10.1 Å². The summed E-state index contributed by atoms with van der Waals surface area (Å²) < 4.78 is 22.9. The monoisotopic (exact) mass is 608 g/mol. The van der Waals surface area contributed by atoms with Crippen LogP contribution in [0.3, 0.4) is 0 Å². The van der Waals surface area contributed by atoms with E-state index in [1.54, 1.807) is 36.4 Å². The highest BCUT2D eigenvalue weighted by Crippen LogP contribution is 2.63. The van der Waals surface area contributed by atoms with Crippen LogP contribution in [0.5, 0.6) is 0 Å². The Bertz CT molecular complexity index is 1770.